The Hall–Kier alpha value is -0.950. The van der Waals surface area contributed by atoms with Crippen molar-refractivity contribution in [1.29, 1.82) is 0 Å². The molecular weight excluding hydrogens is 286 g/mol. The summed E-state index contributed by atoms with van der Waals surface area (Å²) in [4.78, 5) is 2.71. The predicted octanol–water partition coefficient (Wildman–Crippen LogP) is 1.17. The van der Waals surface area contributed by atoms with Gasteiger partial charge < -0.3 is 10.6 Å². The van der Waals surface area contributed by atoms with Gasteiger partial charge in [-0.3, -0.25) is 0 Å². The molecule has 0 unspecified atom stereocenters. The minimum Gasteiger partial charge on any atom is -0.326 e. The minimum absolute atomic E-state index is 0.354. The molecule has 2 N–H and O–H groups in total. The van der Waals surface area contributed by atoms with Crippen LogP contribution in [0, 0.1) is 6.92 Å². The van der Waals surface area contributed by atoms with E-state index in [9.17, 15) is 8.42 Å². The van der Waals surface area contributed by atoms with Crippen LogP contribution < -0.4 is 5.73 Å². The van der Waals surface area contributed by atoms with Crippen molar-refractivity contribution in [3.8, 4) is 0 Å². The number of aryl methyl sites for hydroxylation is 1. The Bertz CT molecular complexity index is 579. The van der Waals surface area contributed by atoms with E-state index in [4.69, 9.17) is 5.73 Å². The van der Waals surface area contributed by atoms with E-state index < -0.39 is 10.0 Å². The Kier molecular flexibility index (Phi) is 5.37. The average Bonchev–Trinajstić information content (AvgIpc) is 2.48. The van der Waals surface area contributed by atoms with Gasteiger partial charge in [-0.15, -0.1) is 0 Å². The van der Waals surface area contributed by atoms with Gasteiger partial charge in [0.2, 0.25) is 10.0 Å². The third-order valence-corrected chi connectivity index (χ3v) is 6.02. The molecule has 0 aromatic heterocycles. The van der Waals surface area contributed by atoms with Gasteiger partial charge in [-0.05, 0) is 37.1 Å². The summed E-state index contributed by atoms with van der Waals surface area (Å²) in [6.45, 7) is 8.11. The summed E-state index contributed by atoms with van der Waals surface area (Å²) in [7, 11) is -3.41. The normalized spacial score (nSPS) is 18.0. The summed E-state index contributed by atoms with van der Waals surface area (Å²) in [5.41, 5.74) is 7.26. The van der Waals surface area contributed by atoms with Gasteiger partial charge in [0.15, 0.2) is 0 Å². The number of nitrogens with two attached hydrogens (primary N) is 1. The fraction of sp³-hybridized carbons (Fsp3) is 0.600. The zero-order chi connectivity index (χ0) is 15.5. The first-order valence-electron chi connectivity index (χ1n) is 7.51. The molecule has 5 nitrogen and oxygen atoms in total. The largest absolute Gasteiger partial charge is 0.326 e. The molecule has 0 spiro atoms. The fourth-order valence-electron chi connectivity index (χ4n) is 2.70. The van der Waals surface area contributed by atoms with Crippen LogP contribution >= 0.6 is 0 Å². The molecule has 118 valence electrons. The van der Waals surface area contributed by atoms with E-state index in [2.05, 4.69) is 11.8 Å². The van der Waals surface area contributed by atoms with Gasteiger partial charge in [0.25, 0.3) is 0 Å². The summed E-state index contributed by atoms with van der Waals surface area (Å²) in [5.74, 6) is 0. The first-order valence-corrected chi connectivity index (χ1v) is 8.95. The SMILES string of the molecule is CCCN1CCN(S(=O)(=O)c2cc(CN)ccc2C)CC1. The summed E-state index contributed by atoms with van der Waals surface area (Å²) >= 11 is 0. The highest BCUT2D eigenvalue weighted by molar-refractivity contribution is 7.89. The van der Waals surface area contributed by atoms with E-state index in [1.54, 1.807) is 10.4 Å². The van der Waals surface area contributed by atoms with Gasteiger partial charge in [-0.2, -0.15) is 4.31 Å². The van der Waals surface area contributed by atoms with Crippen LogP contribution in [0.4, 0.5) is 0 Å². The van der Waals surface area contributed by atoms with Gasteiger partial charge in [-0.25, -0.2) is 8.42 Å². The molecule has 1 aliphatic rings. The number of piperazine rings is 1. The lowest BCUT2D eigenvalue weighted by atomic mass is 10.1. The summed E-state index contributed by atoms with van der Waals surface area (Å²) in [5, 5.41) is 0. The van der Waals surface area contributed by atoms with Crippen molar-refractivity contribution in [1.82, 2.24) is 9.21 Å². The van der Waals surface area contributed by atoms with Crippen molar-refractivity contribution in [2.24, 2.45) is 5.73 Å². The Morgan fingerprint density at radius 3 is 2.43 bits per heavy atom. The lowest BCUT2D eigenvalue weighted by Gasteiger charge is -2.34. The van der Waals surface area contributed by atoms with E-state index in [1.165, 1.54) is 0 Å². The molecule has 0 saturated carbocycles. The van der Waals surface area contributed by atoms with Crippen molar-refractivity contribution in [3.63, 3.8) is 0 Å². The van der Waals surface area contributed by atoms with Gasteiger partial charge in [0, 0.05) is 32.7 Å². The van der Waals surface area contributed by atoms with E-state index in [-0.39, 0.29) is 0 Å². The summed E-state index contributed by atoms with van der Waals surface area (Å²) in [6.07, 6.45) is 1.10. The molecule has 2 rings (SSSR count). The lowest BCUT2D eigenvalue weighted by molar-refractivity contribution is 0.188. The lowest BCUT2D eigenvalue weighted by Crippen LogP contribution is -2.48. The van der Waals surface area contributed by atoms with Crippen LogP contribution in [0.5, 0.6) is 0 Å². The quantitative estimate of drug-likeness (QED) is 0.886. The van der Waals surface area contributed by atoms with Crippen LogP contribution in [-0.2, 0) is 16.6 Å². The molecule has 6 heteroatoms. The van der Waals surface area contributed by atoms with Crippen LogP contribution in [0.15, 0.2) is 23.1 Å². The second-order valence-electron chi connectivity index (χ2n) is 5.55. The molecule has 1 saturated heterocycles. The number of rotatable bonds is 5. The average molecular weight is 311 g/mol. The third-order valence-electron chi connectivity index (χ3n) is 3.98. The summed E-state index contributed by atoms with van der Waals surface area (Å²) < 4.78 is 27.2. The van der Waals surface area contributed by atoms with E-state index in [1.807, 2.05) is 19.1 Å². The highest BCUT2D eigenvalue weighted by Crippen LogP contribution is 2.22. The molecule has 0 bridgehead atoms. The van der Waals surface area contributed by atoms with Gasteiger partial charge in [0.1, 0.15) is 0 Å². The van der Waals surface area contributed by atoms with Gasteiger partial charge in [-0.1, -0.05) is 19.1 Å². The Morgan fingerprint density at radius 1 is 1.19 bits per heavy atom. The predicted molar refractivity (Wildman–Crippen MR) is 84.6 cm³/mol. The van der Waals surface area contributed by atoms with Crippen molar-refractivity contribution in [2.45, 2.75) is 31.7 Å². The molecule has 0 radical (unpaired) electrons. The van der Waals surface area contributed by atoms with E-state index in [0.717, 1.165) is 37.2 Å². The third kappa shape index (κ3) is 3.63. The van der Waals surface area contributed by atoms with Gasteiger partial charge in [0.05, 0.1) is 4.90 Å². The smallest absolute Gasteiger partial charge is 0.243 e. The molecule has 21 heavy (non-hydrogen) atoms. The maximum atomic E-state index is 12.8. The molecule has 1 aromatic carbocycles. The van der Waals surface area contributed by atoms with Crippen LogP contribution in [0.2, 0.25) is 0 Å². The van der Waals surface area contributed by atoms with Crippen molar-refractivity contribution in [2.75, 3.05) is 32.7 Å². The van der Waals surface area contributed by atoms with Crippen LogP contribution in [0.3, 0.4) is 0 Å². The minimum atomic E-state index is -3.41. The Labute approximate surface area is 127 Å². The Balaban J connectivity index is 2.19. The molecule has 0 amide bonds. The van der Waals surface area contributed by atoms with E-state index in [0.29, 0.717) is 24.5 Å². The number of nitrogens with zero attached hydrogens (tertiary/aromatic N) is 2. The number of sulfonamides is 1. The molecule has 1 fully saturated rings. The second kappa shape index (κ2) is 6.87. The summed E-state index contributed by atoms with van der Waals surface area (Å²) in [6, 6.07) is 5.43. The van der Waals surface area contributed by atoms with Crippen molar-refractivity contribution < 1.29 is 8.42 Å². The van der Waals surface area contributed by atoms with Crippen molar-refractivity contribution in [3.05, 3.63) is 29.3 Å². The van der Waals surface area contributed by atoms with Crippen LogP contribution in [0.1, 0.15) is 24.5 Å². The first kappa shape index (κ1) is 16.4. The molecule has 0 aliphatic carbocycles. The molecule has 0 atom stereocenters. The van der Waals surface area contributed by atoms with Crippen LogP contribution in [0.25, 0.3) is 0 Å². The zero-order valence-electron chi connectivity index (χ0n) is 12.9. The Morgan fingerprint density at radius 2 is 1.86 bits per heavy atom. The van der Waals surface area contributed by atoms with E-state index >= 15 is 0 Å². The molecule has 1 heterocycles. The monoisotopic (exact) mass is 311 g/mol. The maximum Gasteiger partial charge on any atom is 0.243 e. The molecule has 1 aromatic rings. The zero-order valence-corrected chi connectivity index (χ0v) is 13.7. The van der Waals surface area contributed by atoms with Crippen LogP contribution in [-0.4, -0.2) is 50.3 Å². The number of hydrogen-bond donors (Lipinski definition) is 1. The van der Waals surface area contributed by atoms with Crippen molar-refractivity contribution >= 4 is 10.0 Å². The number of benzene rings is 1. The second-order valence-corrected chi connectivity index (χ2v) is 7.46. The maximum absolute atomic E-state index is 12.8. The molecular formula is C15H25N3O2S. The topological polar surface area (TPSA) is 66.6 Å². The first-order chi connectivity index (χ1) is 9.98. The standard InChI is InChI=1S/C15H25N3O2S/c1-3-6-17-7-9-18(10-8-17)21(19,20)15-11-14(12-16)5-4-13(15)2/h4-5,11H,3,6-10,12,16H2,1-2H3. The van der Waals surface area contributed by atoms with Gasteiger partial charge >= 0.3 is 0 Å². The highest BCUT2D eigenvalue weighted by atomic mass is 32.2. The number of hydrogen-bond acceptors (Lipinski definition) is 4. The highest BCUT2D eigenvalue weighted by Gasteiger charge is 2.29. The fourth-order valence-corrected chi connectivity index (χ4v) is 4.40. The molecule has 1 aliphatic heterocycles.